The fourth-order valence-electron chi connectivity index (χ4n) is 3.59. The summed E-state index contributed by atoms with van der Waals surface area (Å²) in [5, 5.41) is 0. The molecule has 4 aromatic rings. The fourth-order valence-corrected chi connectivity index (χ4v) is 3.59. The maximum absolute atomic E-state index is 13.7. The first-order chi connectivity index (χ1) is 15.6. The Kier molecular flexibility index (Phi) is 6.08. The van der Waals surface area contributed by atoms with Crippen LogP contribution in [0.2, 0.25) is 0 Å². The van der Waals surface area contributed by atoms with E-state index in [0.717, 1.165) is 0 Å². The lowest BCUT2D eigenvalue weighted by Crippen LogP contribution is -2.27. The lowest BCUT2D eigenvalue weighted by molar-refractivity contribution is 0.0525. The van der Waals surface area contributed by atoms with E-state index in [4.69, 9.17) is 4.74 Å². The minimum Gasteiger partial charge on any atom is -0.462 e. The summed E-state index contributed by atoms with van der Waals surface area (Å²) in [6, 6.07) is 26.7. The highest BCUT2D eigenvalue weighted by Crippen LogP contribution is 2.28. The molecule has 0 aliphatic heterocycles. The van der Waals surface area contributed by atoms with Gasteiger partial charge in [-0.3, -0.25) is 9.59 Å². The number of ether oxygens (including phenoxy) is 1. The number of hydrogen-bond donors (Lipinski definition) is 1. The van der Waals surface area contributed by atoms with Crippen molar-refractivity contribution < 1.29 is 14.3 Å². The highest BCUT2D eigenvalue weighted by molar-refractivity contribution is 6.14. The topological polar surface area (TPSA) is 76.2 Å². The number of rotatable bonds is 6. The molecule has 5 nitrogen and oxygen atoms in total. The molecule has 1 aromatic heterocycles. The number of benzene rings is 3. The summed E-state index contributed by atoms with van der Waals surface area (Å²) in [5.41, 5.74) is 1.40. The number of ketones is 1. The molecule has 0 saturated carbocycles. The average molecular weight is 423 g/mol. The van der Waals surface area contributed by atoms with E-state index in [9.17, 15) is 14.4 Å². The van der Waals surface area contributed by atoms with Gasteiger partial charge in [-0.15, -0.1) is 0 Å². The molecule has 5 heteroatoms. The number of carbonyl (C=O) groups excluding carboxylic acids is 2. The first-order valence-corrected chi connectivity index (χ1v) is 10.3. The van der Waals surface area contributed by atoms with Crippen LogP contribution in [0.5, 0.6) is 0 Å². The second kappa shape index (κ2) is 9.27. The van der Waals surface area contributed by atoms with Gasteiger partial charge in [-0.2, -0.15) is 0 Å². The number of H-pyrrole nitrogens is 1. The van der Waals surface area contributed by atoms with Gasteiger partial charge in [-0.1, -0.05) is 91.0 Å². The predicted octanol–water partition coefficient (Wildman–Crippen LogP) is 5.12. The molecule has 0 radical (unpaired) electrons. The Bertz CT molecular complexity index is 1310. The zero-order valence-electron chi connectivity index (χ0n) is 17.5. The summed E-state index contributed by atoms with van der Waals surface area (Å²) in [6.07, 6.45) is 0. The first-order valence-electron chi connectivity index (χ1n) is 10.3. The SMILES string of the molecule is CCOC(=O)c1c(-c2ccccc2)[nH]c(-c2ccccc2)c(C(=O)c2ccccc2)c1=O. The third-order valence-corrected chi connectivity index (χ3v) is 5.07. The van der Waals surface area contributed by atoms with E-state index in [1.807, 2.05) is 48.5 Å². The van der Waals surface area contributed by atoms with Crippen LogP contribution in [0.3, 0.4) is 0 Å². The minimum atomic E-state index is -0.769. The summed E-state index contributed by atoms with van der Waals surface area (Å²) >= 11 is 0. The van der Waals surface area contributed by atoms with Crippen LogP contribution in [0, 0.1) is 0 Å². The molecule has 0 aliphatic carbocycles. The van der Waals surface area contributed by atoms with E-state index in [0.29, 0.717) is 28.1 Å². The standard InChI is InChI=1S/C27H21NO4/c1-2-32-27(31)22-24(19-14-8-4-9-15-19)28-23(18-12-6-3-7-13-18)21(26(22)30)25(29)20-16-10-5-11-17-20/h3-17H,2H2,1H3,(H,28,30). The maximum Gasteiger partial charge on any atom is 0.344 e. The maximum atomic E-state index is 13.7. The smallest absolute Gasteiger partial charge is 0.344 e. The molecular formula is C27H21NO4. The molecule has 1 heterocycles. The van der Waals surface area contributed by atoms with Crippen molar-refractivity contribution in [2.45, 2.75) is 6.92 Å². The molecule has 4 rings (SSSR count). The van der Waals surface area contributed by atoms with Gasteiger partial charge in [0.15, 0.2) is 5.78 Å². The van der Waals surface area contributed by atoms with Crippen molar-refractivity contribution in [3.63, 3.8) is 0 Å². The van der Waals surface area contributed by atoms with E-state index >= 15 is 0 Å². The van der Waals surface area contributed by atoms with Gasteiger partial charge in [0.1, 0.15) is 5.56 Å². The van der Waals surface area contributed by atoms with Crippen LogP contribution >= 0.6 is 0 Å². The van der Waals surface area contributed by atoms with E-state index in [-0.39, 0.29) is 17.7 Å². The van der Waals surface area contributed by atoms with E-state index in [1.54, 1.807) is 49.4 Å². The van der Waals surface area contributed by atoms with Crippen LogP contribution in [-0.4, -0.2) is 23.3 Å². The molecule has 0 aliphatic rings. The van der Waals surface area contributed by atoms with Gasteiger partial charge in [0.05, 0.1) is 23.6 Å². The number of hydrogen-bond acceptors (Lipinski definition) is 4. The molecule has 0 saturated heterocycles. The van der Waals surface area contributed by atoms with Crippen molar-refractivity contribution in [2.24, 2.45) is 0 Å². The van der Waals surface area contributed by atoms with Crippen molar-refractivity contribution in [3.05, 3.63) is 118 Å². The Balaban J connectivity index is 2.08. The van der Waals surface area contributed by atoms with E-state index < -0.39 is 17.2 Å². The lowest BCUT2D eigenvalue weighted by atomic mass is 9.93. The minimum absolute atomic E-state index is 0.0925. The Morgan fingerprint density at radius 1 is 0.719 bits per heavy atom. The van der Waals surface area contributed by atoms with Crippen LogP contribution in [0.4, 0.5) is 0 Å². The van der Waals surface area contributed by atoms with Crippen LogP contribution in [0.1, 0.15) is 33.2 Å². The molecule has 0 fully saturated rings. The number of nitrogens with one attached hydrogen (secondary N) is 1. The fraction of sp³-hybridized carbons (Fsp3) is 0.0741. The number of esters is 1. The molecule has 1 N–H and O–H groups in total. The van der Waals surface area contributed by atoms with Crippen molar-refractivity contribution in [2.75, 3.05) is 6.61 Å². The Morgan fingerprint density at radius 3 is 1.69 bits per heavy atom. The largest absolute Gasteiger partial charge is 0.462 e. The van der Waals surface area contributed by atoms with Gasteiger partial charge in [0.25, 0.3) is 0 Å². The van der Waals surface area contributed by atoms with Crippen molar-refractivity contribution >= 4 is 11.8 Å². The zero-order chi connectivity index (χ0) is 22.5. The van der Waals surface area contributed by atoms with E-state index in [2.05, 4.69) is 4.98 Å². The second-order valence-electron chi connectivity index (χ2n) is 7.10. The number of pyridine rings is 1. The van der Waals surface area contributed by atoms with Crippen LogP contribution in [0.15, 0.2) is 95.8 Å². The third-order valence-electron chi connectivity index (χ3n) is 5.07. The van der Waals surface area contributed by atoms with Gasteiger partial charge < -0.3 is 9.72 Å². The number of aromatic amines is 1. The monoisotopic (exact) mass is 423 g/mol. The van der Waals surface area contributed by atoms with Gasteiger partial charge in [-0.25, -0.2) is 4.79 Å². The van der Waals surface area contributed by atoms with Crippen LogP contribution in [0.25, 0.3) is 22.5 Å². The number of carbonyl (C=O) groups is 2. The van der Waals surface area contributed by atoms with Gasteiger partial charge in [-0.05, 0) is 18.1 Å². The average Bonchev–Trinajstić information content (AvgIpc) is 2.84. The molecule has 0 amide bonds. The molecule has 0 atom stereocenters. The summed E-state index contributed by atoms with van der Waals surface area (Å²) in [7, 11) is 0. The Morgan fingerprint density at radius 2 is 1.19 bits per heavy atom. The summed E-state index contributed by atoms with van der Waals surface area (Å²) < 4.78 is 5.19. The Labute approximate surface area is 185 Å². The quantitative estimate of drug-likeness (QED) is 0.345. The molecule has 0 unspecified atom stereocenters. The van der Waals surface area contributed by atoms with Gasteiger partial charge >= 0.3 is 5.97 Å². The molecular weight excluding hydrogens is 402 g/mol. The molecule has 158 valence electrons. The summed E-state index contributed by atoms with van der Waals surface area (Å²) in [4.78, 5) is 43.3. The van der Waals surface area contributed by atoms with Crippen molar-refractivity contribution in [3.8, 4) is 22.5 Å². The van der Waals surface area contributed by atoms with Gasteiger partial charge in [0.2, 0.25) is 5.43 Å². The predicted molar refractivity (Wildman–Crippen MR) is 124 cm³/mol. The van der Waals surface area contributed by atoms with Crippen molar-refractivity contribution in [1.29, 1.82) is 0 Å². The van der Waals surface area contributed by atoms with Crippen LogP contribution < -0.4 is 5.43 Å². The molecule has 3 aromatic carbocycles. The lowest BCUT2D eigenvalue weighted by Gasteiger charge is -2.16. The zero-order valence-corrected chi connectivity index (χ0v) is 17.5. The normalized spacial score (nSPS) is 10.5. The molecule has 32 heavy (non-hydrogen) atoms. The second-order valence-corrected chi connectivity index (χ2v) is 7.10. The van der Waals surface area contributed by atoms with E-state index in [1.165, 1.54) is 0 Å². The summed E-state index contributed by atoms with van der Waals surface area (Å²) in [6.45, 7) is 1.78. The highest BCUT2D eigenvalue weighted by Gasteiger charge is 2.28. The third kappa shape index (κ3) is 4.01. The van der Waals surface area contributed by atoms with Crippen LogP contribution in [-0.2, 0) is 4.74 Å². The summed E-state index contributed by atoms with van der Waals surface area (Å²) in [5.74, 6) is -1.23. The van der Waals surface area contributed by atoms with Gasteiger partial charge in [0, 0.05) is 5.56 Å². The van der Waals surface area contributed by atoms with Crippen molar-refractivity contribution in [1.82, 2.24) is 4.98 Å². The highest BCUT2D eigenvalue weighted by atomic mass is 16.5. The number of aromatic nitrogens is 1. The Hall–Kier alpha value is -4.25. The molecule has 0 bridgehead atoms. The molecule has 0 spiro atoms. The first kappa shape index (κ1) is 21.0.